The molecule has 0 radical (unpaired) electrons. The maximum Gasteiger partial charge on any atom is 0.0672 e. The van der Waals surface area contributed by atoms with E-state index >= 15 is 0 Å². The summed E-state index contributed by atoms with van der Waals surface area (Å²) in [6, 6.07) is 9.05. The molecule has 3 atom stereocenters. The van der Waals surface area contributed by atoms with E-state index in [0.29, 0.717) is 6.04 Å². The molecule has 1 aromatic rings. The molecular weight excluding hydrogens is 246 g/mol. The van der Waals surface area contributed by atoms with Crippen LogP contribution in [0, 0.1) is 30.1 Å². The van der Waals surface area contributed by atoms with Crippen molar-refractivity contribution >= 4 is 0 Å². The number of hydrogen-bond acceptors (Lipinski definition) is 3. The number of nitrogens with zero attached hydrogens (tertiary/aromatic N) is 3. The topological polar surface area (TPSA) is 39.9 Å². The van der Waals surface area contributed by atoms with E-state index in [9.17, 15) is 5.26 Å². The van der Waals surface area contributed by atoms with E-state index in [4.69, 9.17) is 0 Å². The van der Waals surface area contributed by atoms with Crippen molar-refractivity contribution in [3.05, 3.63) is 29.6 Å². The summed E-state index contributed by atoms with van der Waals surface area (Å²) in [6.45, 7) is 5.12. The average Bonchev–Trinajstić information content (AvgIpc) is 2.46. The molecule has 108 valence electrons. The number of rotatable bonds is 4. The lowest BCUT2D eigenvalue weighted by Crippen LogP contribution is -2.41. The maximum atomic E-state index is 9.39. The Morgan fingerprint density at radius 2 is 2.20 bits per heavy atom. The Bertz CT molecular complexity index is 477. The van der Waals surface area contributed by atoms with E-state index in [1.54, 1.807) is 0 Å². The first kappa shape index (κ1) is 15.0. The molecule has 3 unspecified atom stereocenters. The first-order chi connectivity index (χ1) is 9.63. The van der Waals surface area contributed by atoms with E-state index < -0.39 is 0 Å². The third kappa shape index (κ3) is 3.58. The number of aryl methyl sites for hydroxylation is 1. The van der Waals surface area contributed by atoms with E-state index in [0.717, 1.165) is 36.7 Å². The van der Waals surface area contributed by atoms with E-state index in [1.807, 2.05) is 13.0 Å². The monoisotopic (exact) mass is 271 g/mol. The van der Waals surface area contributed by atoms with Crippen molar-refractivity contribution in [1.29, 1.82) is 5.26 Å². The molecule has 1 aliphatic rings. The van der Waals surface area contributed by atoms with Crippen molar-refractivity contribution in [2.24, 2.45) is 11.8 Å². The molecule has 1 saturated carbocycles. The summed E-state index contributed by atoms with van der Waals surface area (Å²) >= 11 is 0. The molecule has 0 N–H and O–H groups in total. The van der Waals surface area contributed by atoms with Crippen molar-refractivity contribution in [2.45, 2.75) is 52.1 Å². The van der Waals surface area contributed by atoms with Crippen LogP contribution in [0.25, 0.3) is 0 Å². The highest BCUT2D eigenvalue weighted by atomic mass is 15.1. The van der Waals surface area contributed by atoms with Gasteiger partial charge < -0.3 is 0 Å². The molecule has 0 spiro atoms. The van der Waals surface area contributed by atoms with Gasteiger partial charge in [0.05, 0.1) is 17.7 Å². The Morgan fingerprint density at radius 1 is 1.40 bits per heavy atom. The molecule has 3 heteroatoms. The van der Waals surface area contributed by atoms with Crippen LogP contribution in [-0.2, 0) is 6.54 Å². The maximum absolute atomic E-state index is 9.39. The van der Waals surface area contributed by atoms with Crippen molar-refractivity contribution in [3.8, 4) is 6.07 Å². The van der Waals surface area contributed by atoms with Crippen LogP contribution in [-0.4, -0.2) is 23.0 Å². The Balaban J connectivity index is 2.05. The average molecular weight is 271 g/mol. The van der Waals surface area contributed by atoms with Crippen LogP contribution in [0.4, 0.5) is 0 Å². The summed E-state index contributed by atoms with van der Waals surface area (Å²) in [5.74, 6) is 0.949. The van der Waals surface area contributed by atoms with Gasteiger partial charge in [0.25, 0.3) is 0 Å². The lowest BCUT2D eigenvalue weighted by Gasteiger charge is -2.38. The zero-order chi connectivity index (χ0) is 14.5. The Labute approximate surface area is 122 Å². The van der Waals surface area contributed by atoms with Crippen LogP contribution in [0.15, 0.2) is 18.2 Å². The lowest BCUT2D eigenvalue weighted by atomic mass is 9.77. The van der Waals surface area contributed by atoms with Gasteiger partial charge in [0.15, 0.2) is 0 Å². The van der Waals surface area contributed by atoms with Crippen LogP contribution >= 0.6 is 0 Å². The minimum atomic E-state index is 0.174. The van der Waals surface area contributed by atoms with Gasteiger partial charge in [-0.2, -0.15) is 5.26 Å². The standard InChI is InChI=1S/C17H25N3/c1-4-14-8-9-15(11-18)17(10-14)20(3)12-16-7-5-6-13(2)19-16/h5-7,14-15,17H,4,8-10,12H2,1-3H3. The second kappa shape index (κ2) is 6.85. The van der Waals surface area contributed by atoms with Gasteiger partial charge in [-0.3, -0.25) is 9.88 Å². The highest BCUT2D eigenvalue weighted by molar-refractivity contribution is 5.10. The van der Waals surface area contributed by atoms with E-state index in [1.165, 1.54) is 12.8 Å². The minimum Gasteiger partial charge on any atom is -0.296 e. The summed E-state index contributed by atoms with van der Waals surface area (Å²) < 4.78 is 0. The van der Waals surface area contributed by atoms with Crippen molar-refractivity contribution in [2.75, 3.05) is 7.05 Å². The molecule has 0 amide bonds. The van der Waals surface area contributed by atoms with Gasteiger partial charge in [0, 0.05) is 18.3 Å². The molecule has 0 aliphatic heterocycles. The third-order valence-corrected chi connectivity index (χ3v) is 4.59. The molecule has 2 rings (SSSR count). The molecule has 0 aromatic carbocycles. The third-order valence-electron chi connectivity index (χ3n) is 4.59. The molecular formula is C17H25N3. The van der Waals surface area contributed by atoms with E-state index in [-0.39, 0.29) is 5.92 Å². The van der Waals surface area contributed by atoms with Crippen LogP contribution in [0.1, 0.15) is 44.0 Å². The van der Waals surface area contributed by atoms with Crippen molar-refractivity contribution in [3.63, 3.8) is 0 Å². The first-order valence-corrected chi connectivity index (χ1v) is 7.66. The Hall–Kier alpha value is -1.40. The smallest absolute Gasteiger partial charge is 0.0672 e. The normalized spacial score (nSPS) is 26.4. The fourth-order valence-corrected chi connectivity index (χ4v) is 3.30. The highest BCUT2D eigenvalue weighted by Gasteiger charge is 2.32. The van der Waals surface area contributed by atoms with Gasteiger partial charge in [0.1, 0.15) is 0 Å². The highest BCUT2D eigenvalue weighted by Crippen LogP contribution is 2.33. The quantitative estimate of drug-likeness (QED) is 0.841. The molecule has 1 aliphatic carbocycles. The van der Waals surface area contributed by atoms with Crippen molar-refractivity contribution in [1.82, 2.24) is 9.88 Å². The van der Waals surface area contributed by atoms with Crippen molar-refractivity contribution < 1.29 is 0 Å². The number of nitriles is 1. The molecule has 1 heterocycles. The number of aromatic nitrogens is 1. The second-order valence-electron chi connectivity index (χ2n) is 6.08. The predicted octanol–water partition coefficient (Wildman–Crippen LogP) is 3.54. The van der Waals surface area contributed by atoms with Crippen LogP contribution in [0.5, 0.6) is 0 Å². The van der Waals surface area contributed by atoms with Gasteiger partial charge in [-0.1, -0.05) is 19.4 Å². The number of hydrogen-bond donors (Lipinski definition) is 0. The van der Waals surface area contributed by atoms with Gasteiger partial charge in [-0.25, -0.2) is 0 Å². The van der Waals surface area contributed by atoms with Crippen LogP contribution in [0.2, 0.25) is 0 Å². The largest absolute Gasteiger partial charge is 0.296 e. The molecule has 1 fully saturated rings. The van der Waals surface area contributed by atoms with Gasteiger partial charge in [-0.05, 0) is 51.3 Å². The summed E-state index contributed by atoms with van der Waals surface area (Å²) in [5, 5.41) is 9.39. The van der Waals surface area contributed by atoms with E-state index in [2.05, 4.69) is 42.1 Å². The molecule has 0 bridgehead atoms. The summed E-state index contributed by atoms with van der Waals surface area (Å²) in [5.41, 5.74) is 2.16. The van der Waals surface area contributed by atoms with Gasteiger partial charge in [-0.15, -0.1) is 0 Å². The SMILES string of the molecule is CCC1CCC(C#N)C(N(C)Cc2cccc(C)n2)C1. The minimum absolute atomic E-state index is 0.174. The molecule has 0 saturated heterocycles. The second-order valence-corrected chi connectivity index (χ2v) is 6.08. The number of pyridine rings is 1. The molecule has 1 aromatic heterocycles. The summed E-state index contributed by atoms with van der Waals surface area (Å²) in [7, 11) is 2.14. The Morgan fingerprint density at radius 3 is 2.85 bits per heavy atom. The Kier molecular flexibility index (Phi) is 5.14. The van der Waals surface area contributed by atoms with Crippen LogP contribution in [0.3, 0.4) is 0 Å². The van der Waals surface area contributed by atoms with Crippen LogP contribution < -0.4 is 0 Å². The zero-order valence-electron chi connectivity index (χ0n) is 12.8. The summed E-state index contributed by atoms with van der Waals surface area (Å²) in [6.07, 6.45) is 4.63. The van der Waals surface area contributed by atoms with Gasteiger partial charge >= 0.3 is 0 Å². The predicted molar refractivity (Wildman–Crippen MR) is 81.0 cm³/mol. The first-order valence-electron chi connectivity index (χ1n) is 7.66. The zero-order valence-corrected chi connectivity index (χ0v) is 12.8. The fraction of sp³-hybridized carbons (Fsp3) is 0.647. The lowest BCUT2D eigenvalue weighted by molar-refractivity contribution is 0.117. The van der Waals surface area contributed by atoms with Gasteiger partial charge in [0.2, 0.25) is 0 Å². The fourth-order valence-electron chi connectivity index (χ4n) is 3.30. The molecule has 20 heavy (non-hydrogen) atoms. The summed E-state index contributed by atoms with van der Waals surface area (Å²) in [4.78, 5) is 6.90. The molecule has 3 nitrogen and oxygen atoms in total.